The summed E-state index contributed by atoms with van der Waals surface area (Å²) < 4.78 is 11.1. The summed E-state index contributed by atoms with van der Waals surface area (Å²) in [6.07, 6.45) is 0.300. The minimum absolute atomic E-state index is 0.0713. The summed E-state index contributed by atoms with van der Waals surface area (Å²) in [6, 6.07) is 14.5. The minimum atomic E-state index is -1.10. The van der Waals surface area contributed by atoms with Gasteiger partial charge < -0.3 is 25.2 Å². The predicted molar refractivity (Wildman–Crippen MR) is 125 cm³/mol. The van der Waals surface area contributed by atoms with Crippen LogP contribution in [0.3, 0.4) is 0 Å². The second-order valence-electron chi connectivity index (χ2n) is 9.11. The fourth-order valence-corrected chi connectivity index (χ4v) is 4.75. The molecule has 8 nitrogen and oxygen atoms in total. The molecule has 3 atom stereocenters. The molecule has 3 N–H and O–H groups in total. The second-order valence-corrected chi connectivity index (χ2v) is 9.11. The number of carbonyl (C=O) groups excluding carboxylic acids is 2. The van der Waals surface area contributed by atoms with E-state index in [1.165, 1.54) is 0 Å². The molecule has 1 saturated heterocycles. The third-order valence-electron chi connectivity index (χ3n) is 6.79. The van der Waals surface area contributed by atoms with Crippen molar-refractivity contribution in [1.29, 1.82) is 0 Å². The van der Waals surface area contributed by atoms with Gasteiger partial charge in [-0.25, -0.2) is 9.59 Å². The number of amides is 2. The van der Waals surface area contributed by atoms with E-state index in [1.54, 1.807) is 6.92 Å². The van der Waals surface area contributed by atoms with E-state index in [2.05, 4.69) is 22.8 Å². The van der Waals surface area contributed by atoms with E-state index in [1.807, 2.05) is 43.3 Å². The molecule has 1 fully saturated rings. The number of aliphatic carboxylic acids is 1. The molecule has 0 bridgehead atoms. The van der Waals surface area contributed by atoms with Crippen LogP contribution in [0.2, 0.25) is 0 Å². The molecule has 1 heterocycles. The molecule has 8 heteroatoms. The molecule has 180 valence electrons. The number of carbonyl (C=O) groups is 3. The summed E-state index contributed by atoms with van der Waals surface area (Å²) in [5, 5.41) is 14.7. The Bertz CT molecular complexity index is 1040. The van der Waals surface area contributed by atoms with Crippen LogP contribution in [0, 0.1) is 5.41 Å². The lowest BCUT2D eigenvalue weighted by atomic mass is 9.84. The zero-order valence-electron chi connectivity index (χ0n) is 19.4. The summed E-state index contributed by atoms with van der Waals surface area (Å²) >= 11 is 0. The van der Waals surface area contributed by atoms with E-state index in [-0.39, 0.29) is 25.7 Å². The molecule has 2 aliphatic rings. The Balaban J connectivity index is 1.40. The van der Waals surface area contributed by atoms with E-state index >= 15 is 0 Å². The fourth-order valence-electron chi connectivity index (χ4n) is 4.75. The number of hydrogen-bond acceptors (Lipinski definition) is 5. The normalized spacial score (nSPS) is 21.9. The van der Waals surface area contributed by atoms with Gasteiger partial charge in [0.2, 0.25) is 5.91 Å². The van der Waals surface area contributed by atoms with Crippen molar-refractivity contribution in [2.75, 3.05) is 19.8 Å². The van der Waals surface area contributed by atoms with Crippen LogP contribution in [0.5, 0.6) is 0 Å². The minimum Gasteiger partial charge on any atom is -0.480 e. The molecule has 4 rings (SSSR count). The van der Waals surface area contributed by atoms with Crippen LogP contribution >= 0.6 is 0 Å². The van der Waals surface area contributed by atoms with Crippen LogP contribution in [0.4, 0.5) is 4.79 Å². The zero-order chi connectivity index (χ0) is 24.3. The van der Waals surface area contributed by atoms with Crippen molar-refractivity contribution in [2.24, 2.45) is 5.41 Å². The van der Waals surface area contributed by atoms with Gasteiger partial charge in [-0.05, 0) is 35.6 Å². The van der Waals surface area contributed by atoms with Crippen molar-refractivity contribution in [3.05, 3.63) is 59.7 Å². The molecule has 2 amide bonds. The number of ether oxygens (including phenoxy) is 2. The van der Waals surface area contributed by atoms with Gasteiger partial charge in [0.1, 0.15) is 12.6 Å². The van der Waals surface area contributed by atoms with Crippen LogP contribution in [-0.2, 0) is 19.1 Å². The molecular weight excluding hydrogens is 436 g/mol. The molecule has 2 aromatic carbocycles. The fraction of sp³-hybridized carbons (Fsp3) is 0.423. The highest BCUT2D eigenvalue weighted by Crippen LogP contribution is 2.44. The van der Waals surface area contributed by atoms with Crippen LogP contribution in [0.1, 0.15) is 43.7 Å². The highest BCUT2D eigenvalue weighted by Gasteiger charge is 2.48. The maximum atomic E-state index is 12.9. The Morgan fingerprint density at radius 1 is 1.12 bits per heavy atom. The molecule has 2 unspecified atom stereocenters. The number of nitrogens with one attached hydrogen (secondary N) is 2. The third-order valence-corrected chi connectivity index (χ3v) is 6.79. The Kier molecular flexibility index (Phi) is 6.88. The van der Waals surface area contributed by atoms with Crippen molar-refractivity contribution in [3.8, 4) is 11.1 Å². The van der Waals surface area contributed by atoms with Crippen molar-refractivity contribution in [2.45, 2.75) is 44.7 Å². The van der Waals surface area contributed by atoms with Crippen molar-refractivity contribution in [1.82, 2.24) is 10.6 Å². The van der Waals surface area contributed by atoms with Gasteiger partial charge in [-0.15, -0.1) is 0 Å². The first kappa shape index (κ1) is 23.8. The Hall–Kier alpha value is -3.39. The number of rotatable bonds is 8. The molecule has 0 spiro atoms. The lowest BCUT2D eigenvalue weighted by molar-refractivity contribution is -0.144. The van der Waals surface area contributed by atoms with Gasteiger partial charge in [-0.1, -0.05) is 61.9 Å². The van der Waals surface area contributed by atoms with Crippen LogP contribution in [-0.4, -0.2) is 55.0 Å². The average Bonchev–Trinajstić information content (AvgIpc) is 3.36. The van der Waals surface area contributed by atoms with Gasteiger partial charge in [0.15, 0.2) is 0 Å². The van der Waals surface area contributed by atoms with Gasteiger partial charge in [0.05, 0.1) is 24.7 Å². The molecule has 0 saturated carbocycles. The number of carboxylic acids is 1. The third kappa shape index (κ3) is 4.50. The van der Waals surface area contributed by atoms with Gasteiger partial charge in [0.25, 0.3) is 0 Å². The monoisotopic (exact) mass is 466 g/mol. The van der Waals surface area contributed by atoms with Crippen LogP contribution < -0.4 is 10.6 Å². The summed E-state index contributed by atoms with van der Waals surface area (Å²) in [7, 11) is 0. The van der Waals surface area contributed by atoms with E-state index < -0.39 is 35.5 Å². The highest BCUT2D eigenvalue weighted by molar-refractivity contribution is 5.88. The lowest BCUT2D eigenvalue weighted by Crippen LogP contribution is -2.56. The highest BCUT2D eigenvalue weighted by atomic mass is 16.5. The zero-order valence-corrected chi connectivity index (χ0v) is 19.4. The van der Waals surface area contributed by atoms with Gasteiger partial charge in [0, 0.05) is 5.92 Å². The first-order valence-electron chi connectivity index (χ1n) is 11.6. The number of alkyl carbamates (subject to hydrolysis) is 1. The largest absolute Gasteiger partial charge is 0.480 e. The summed E-state index contributed by atoms with van der Waals surface area (Å²) in [5.74, 6) is -1.62. The SMILES string of the molecule is CCC[C@H](NC(=O)C1(C)COCC1NC(=O)OCC1c2ccccc2-c2ccccc21)C(=O)O. The van der Waals surface area contributed by atoms with Crippen molar-refractivity contribution < 1.29 is 29.0 Å². The molecule has 1 aliphatic heterocycles. The molecule has 1 aliphatic carbocycles. The van der Waals surface area contributed by atoms with E-state index in [0.29, 0.717) is 12.8 Å². The Labute approximate surface area is 198 Å². The summed E-state index contributed by atoms with van der Waals surface area (Å²) in [6.45, 7) is 3.89. The molecule has 2 aromatic rings. The maximum Gasteiger partial charge on any atom is 0.407 e. The standard InChI is InChI=1S/C26H30N2O6/c1-3-8-21(23(29)30)27-24(31)26(2)15-33-14-22(26)28-25(32)34-13-20-18-11-6-4-9-16(18)17-10-5-7-12-19(17)20/h4-7,9-12,20-22H,3,8,13-15H2,1-2H3,(H,27,31)(H,28,32)(H,29,30)/t21-,22?,26?/m0/s1. The Morgan fingerprint density at radius 2 is 1.74 bits per heavy atom. The van der Waals surface area contributed by atoms with E-state index in [0.717, 1.165) is 22.3 Å². The van der Waals surface area contributed by atoms with Gasteiger partial charge in [-0.2, -0.15) is 0 Å². The quantitative estimate of drug-likeness (QED) is 0.550. The van der Waals surface area contributed by atoms with Gasteiger partial charge in [-0.3, -0.25) is 4.79 Å². The van der Waals surface area contributed by atoms with Gasteiger partial charge >= 0.3 is 12.1 Å². The second kappa shape index (κ2) is 9.85. The number of carboxylic acid groups (broad SMARTS) is 1. The number of fused-ring (bicyclic) bond motifs is 3. The van der Waals surface area contributed by atoms with Crippen LogP contribution in [0.25, 0.3) is 11.1 Å². The molecule has 34 heavy (non-hydrogen) atoms. The number of hydrogen-bond donors (Lipinski definition) is 3. The first-order valence-corrected chi connectivity index (χ1v) is 11.6. The van der Waals surface area contributed by atoms with Crippen LogP contribution in [0.15, 0.2) is 48.5 Å². The Morgan fingerprint density at radius 3 is 2.32 bits per heavy atom. The van der Waals surface area contributed by atoms with Crippen molar-refractivity contribution >= 4 is 18.0 Å². The molecule has 0 radical (unpaired) electrons. The van der Waals surface area contributed by atoms with E-state index in [4.69, 9.17) is 9.47 Å². The summed E-state index contributed by atoms with van der Waals surface area (Å²) in [5.41, 5.74) is 3.40. The maximum absolute atomic E-state index is 12.9. The number of benzene rings is 2. The summed E-state index contributed by atoms with van der Waals surface area (Å²) in [4.78, 5) is 37.1. The lowest BCUT2D eigenvalue weighted by Gasteiger charge is -2.30. The predicted octanol–water partition coefficient (Wildman–Crippen LogP) is 3.30. The topological polar surface area (TPSA) is 114 Å². The van der Waals surface area contributed by atoms with Crippen molar-refractivity contribution in [3.63, 3.8) is 0 Å². The molecule has 0 aromatic heterocycles. The molecular formula is C26H30N2O6. The average molecular weight is 467 g/mol. The first-order chi connectivity index (χ1) is 16.3. The van der Waals surface area contributed by atoms with E-state index in [9.17, 15) is 19.5 Å². The smallest absolute Gasteiger partial charge is 0.407 e.